The zero-order valence-electron chi connectivity index (χ0n) is 6.97. The topological polar surface area (TPSA) is 20.2 Å². The molecule has 0 aromatic heterocycles. The first kappa shape index (κ1) is 17.9. The van der Waals surface area contributed by atoms with E-state index < -0.39 is 0 Å². The van der Waals surface area contributed by atoms with Crippen LogP contribution in [0.5, 0.6) is 0 Å². The van der Waals surface area contributed by atoms with Crippen molar-refractivity contribution in [2.45, 2.75) is 39.5 Å². The Balaban J connectivity index is -0.000000320. The van der Waals surface area contributed by atoms with Crippen molar-refractivity contribution in [1.29, 1.82) is 0 Å². The van der Waals surface area contributed by atoms with Crippen LogP contribution in [0.2, 0.25) is 0 Å². The minimum Gasteiger partial charge on any atom is -0.396 e. The summed E-state index contributed by atoms with van der Waals surface area (Å²) in [6.07, 6.45) is 4.73. The van der Waals surface area contributed by atoms with Gasteiger partial charge in [-0.3, -0.25) is 0 Å². The highest BCUT2D eigenvalue weighted by Crippen LogP contribution is 2.13. The summed E-state index contributed by atoms with van der Waals surface area (Å²) >= 11 is 0. The van der Waals surface area contributed by atoms with Crippen LogP contribution in [0.15, 0.2) is 0 Å². The van der Waals surface area contributed by atoms with Crippen molar-refractivity contribution in [1.82, 2.24) is 0 Å². The van der Waals surface area contributed by atoms with E-state index in [0.29, 0.717) is 6.61 Å². The lowest BCUT2D eigenvalue weighted by Crippen LogP contribution is -2.00. The third-order valence-electron chi connectivity index (χ3n) is 1.81. The van der Waals surface area contributed by atoms with Crippen molar-refractivity contribution in [2.24, 2.45) is 5.92 Å². The summed E-state index contributed by atoms with van der Waals surface area (Å²) in [7, 11) is 0. The molecule has 1 nitrogen and oxygen atoms in total. The molecule has 0 rings (SSSR count). The first-order chi connectivity index (χ1) is 4.35. The standard InChI is InChI=1S/C8H18O.ClH.Mg.2H/c1-3-5-8(4-2)6-7-9;;;;/h8-9H,3-7H2,1-2H3;1H;;;. The van der Waals surface area contributed by atoms with Gasteiger partial charge in [0.15, 0.2) is 0 Å². The van der Waals surface area contributed by atoms with Crippen LogP contribution >= 0.6 is 12.4 Å². The van der Waals surface area contributed by atoms with Crippen molar-refractivity contribution >= 4 is 35.5 Å². The van der Waals surface area contributed by atoms with Crippen molar-refractivity contribution in [3.8, 4) is 0 Å². The highest BCUT2D eigenvalue weighted by Gasteiger charge is 2.01. The molecule has 1 N–H and O–H groups in total. The number of hydrogen-bond donors (Lipinski definition) is 1. The van der Waals surface area contributed by atoms with E-state index in [1.54, 1.807) is 0 Å². The van der Waals surface area contributed by atoms with Crippen LogP contribution in [-0.2, 0) is 0 Å². The van der Waals surface area contributed by atoms with Gasteiger partial charge in [0.2, 0.25) is 0 Å². The van der Waals surface area contributed by atoms with E-state index in [4.69, 9.17) is 5.11 Å². The Hall–Kier alpha value is 1.02. The van der Waals surface area contributed by atoms with E-state index >= 15 is 0 Å². The molecule has 11 heavy (non-hydrogen) atoms. The van der Waals surface area contributed by atoms with Crippen LogP contribution in [0.1, 0.15) is 39.5 Å². The first-order valence-corrected chi connectivity index (χ1v) is 3.96. The molecule has 0 saturated carbocycles. The van der Waals surface area contributed by atoms with E-state index in [2.05, 4.69) is 13.8 Å². The highest BCUT2D eigenvalue weighted by atomic mass is 35.5. The molecular formula is C8H21ClMgO. The molecule has 0 heterocycles. The molecule has 0 aromatic rings. The lowest BCUT2D eigenvalue weighted by molar-refractivity contribution is 0.248. The zero-order valence-corrected chi connectivity index (χ0v) is 7.78. The third-order valence-corrected chi connectivity index (χ3v) is 1.81. The van der Waals surface area contributed by atoms with Gasteiger partial charge in [-0.1, -0.05) is 33.1 Å². The molecule has 68 valence electrons. The predicted octanol–water partition coefficient (Wildman–Crippen LogP) is 1.70. The van der Waals surface area contributed by atoms with Crippen molar-refractivity contribution in [3.63, 3.8) is 0 Å². The number of aliphatic hydroxyl groups is 1. The summed E-state index contributed by atoms with van der Waals surface area (Å²) < 4.78 is 0. The summed E-state index contributed by atoms with van der Waals surface area (Å²) in [4.78, 5) is 0. The summed E-state index contributed by atoms with van der Waals surface area (Å²) in [5, 5.41) is 8.59. The molecule has 0 saturated heterocycles. The Bertz CT molecular complexity index is 56.1. The van der Waals surface area contributed by atoms with E-state index in [9.17, 15) is 0 Å². The molecule has 0 aliphatic heterocycles. The van der Waals surface area contributed by atoms with E-state index in [-0.39, 0.29) is 35.5 Å². The van der Waals surface area contributed by atoms with Crippen LogP contribution in [0.3, 0.4) is 0 Å². The minimum atomic E-state index is 0. The number of hydrogen-bond acceptors (Lipinski definition) is 1. The van der Waals surface area contributed by atoms with Crippen LogP contribution < -0.4 is 0 Å². The molecule has 0 fully saturated rings. The summed E-state index contributed by atoms with van der Waals surface area (Å²) in [5.74, 6) is 0.764. The van der Waals surface area contributed by atoms with E-state index in [0.717, 1.165) is 12.3 Å². The second-order valence-corrected chi connectivity index (χ2v) is 2.58. The molecule has 0 bridgehead atoms. The largest absolute Gasteiger partial charge is 0.396 e. The SMILES string of the molecule is CCCC(CC)CCO.Cl.[MgH2]. The molecule has 0 aliphatic carbocycles. The maximum atomic E-state index is 8.59. The van der Waals surface area contributed by atoms with Crippen molar-refractivity contribution < 1.29 is 5.11 Å². The van der Waals surface area contributed by atoms with Crippen LogP contribution in [0.4, 0.5) is 0 Å². The molecule has 3 heteroatoms. The zero-order chi connectivity index (χ0) is 7.11. The summed E-state index contributed by atoms with van der Waals surface area (Å²) in [6.45, 7) is 4.74. The van der Waals surface area contributed by atoms with Gasteiger partial charge in [-0.05, 0) is 12.3 Å². The highest BCUT2D eigenvalue weighted by molar-refractivity contribution is 5.85. The molecular weight excluding hydrogens is 172 g/mol. The Morgan fingerprint density at radius 1 is 1.18 bits per heavy atom. The molecule has 0 aromatic carbocycles. The van der Waals surface area contributed by atoms with Gasteiger partial charge in [0.05, 0.1) is 0 Å². The summed E-state index contributed by atoms with van der Waals surface area (Å²) in [6, 6.07) is 0. The fourth-order valence-electron chi connectivity index (χ4n) is 1.14. The van der Waals surface area contributed by atoms with Gasteiger partial charge in [-0.25, -0.2) is 0 Å². The lowest BCUT2D eigenvalue weighted by atomic mass is 9.98. The van der Waals surface area contributed by atoms with Crippen LogP contribution in [0, 0.1) is 5.92 Å². The smallest absolute Gasteiger partial charge is 0.316 e. The Morgan fingerprint density at radius 2 is 1.73 bits per heavy atom. The van der Waals surface area contributed by atoms with E-state index in [1.165, 1.54) is 19.3 Å². The third kappa shape index (κ3) is 11.0. The van der Waals surface area contributed by atoms with Gasteiger partial charge < -0.3 is 5.11 Å². The Kier molecular flexibility index (Phi) is 22.2. The maximum Gasteiger partial charge on any atom is 0.316 e. The number of rotatable bonds is 5. The molecule has 0 radical (unpaired) electrons. The van der Waals surface area contributed by atoms with E-state index in [1.807, 2.05) is 0 Å². The maximum absolute atomic E-state index is 8.59. The Labute approximate surface area is 92.5 Å². The number of halogens is 1. The van der Waals surface area contributed by atoms with Gasteiger partial charge in [0, 0.05) is 6.61 Å². The Morgan fingerprint density at radius 3 is 2.00 bits per heavy atom. The molecule has 1 atom stereocenters. The van der Waals surface area contributed by atoms with Gasteiger partial charge in [-0.15, -0.1) is 12.4 Å². The van der Waals surface area contributed by atoms with Crippen LogP contribution in [0.25, 0.3) is 0 Å². The van der Waals surface area contributed by atoms with Crippen molar-refractivity contribution in [3.05, 3.63) is 0 Å². The second kappa shape index (κ2) is 13.6. The van der Waals surface area contributed by atoms with Gasteiger partial charge in [-0.2, -0.15) is 0 Å². The fraction of sp³-hybridized carbons (Fsp3) is 1.00. The second-order valence-electron chi connectivity index (χ2n) is 2.58. The first-order valence-electron chi connectivity index (χ1n) is 3.96. The molecule has 0 spiro atoms. The van der Waals surface area contributed by atoms with Gasteiger partial charge in [0.1, 0.15) is 0 Å². The van der Waals surface area contributed by atoms with Crippen LogP contribution in [-0.4, -0.2) is 34.8 Å². The normalized spacial score (nSPS) is 11.2. The fourth-order valence-corrected chi connectivity index (χ4v) is 1.14. The minimum absolute atomic E-state index is 0. The average molecular weight is 193 g/mol. The molecule has 0 amide bonds. The molecule has 1 unspecified atom stereocenters. The molecule has 0 aliphatic rings. The number of aliphatic hydroxyl groups excluding tert-OH is 1. The predicted molar refractivity (Wildman–Crippen MR) is 56.2 cm³/mol. The average Bonchev–Trinajstić information content (AvgIpc) is 1.88. The van der Waals surface area contributed by atoms with Gasteiger partial charge in [0.25, 0.3) is 0 Å². The van der Waals surface area contributed by atoms with Gasteiger partial charge >= 0.3 is 23.1 Å². The quantitative estimate of drug-likeness (QED) is 0.658. The lowest BCUT2D eigenvalue weighted by Gasteiger charge is -2.10. The summed E-state index contributed by atoms with van der Waals surface area (Å²) in [5.41, 5.74) is 0. The van der Waals surface area contributed by atoms with Crippen molar-refractivity contribution in [2.75, 3.05) is 6.61 Å². The monoisotopic (exact) mass is 192 g/mol.